The molecule has 7 aromatic carbocycles. The summed E-state index contributed by atoms with van der Waals surface area (Å²) < 4.78 is 23.8. The third-order valence-corrected chi connectivity index (χ3v) is 31.6. The SMILES string of the molecule is C[Si](C)(c1ccoc1)C1([Si](C)(C)c2ccoc2)c2ccccc2Oc2c1cccc2[Si](c1ccccc1)(c1ccccc1)c1cccc(-n2c3ccccc3n3c4ccccc4nc23)c1. The van der Waals surface area contributed by atoms with Crippen LogP contribution in [-0.4, -0.2) is 38.2 Å². The highest BCUT2D eigenvalue weighted by Gasteiger charge is 2.65. The highest BCUT2D eigenvalue weighted by atomic mass is 28.4. The van der Waals surface area contributed by atoms with Crippen molar-refractivity contribution in [2.75, 3.05) is 0 Å². The van der Waals surface area contributed by atoms with Gasteiger partial charge in [-0.2, -0.15) is 0 Å². The smallest absolute Gasteiger partial charge is 0.220 e. The fourth-order valence-electron chi connectivity index (χ4n) is 12.0. The molecule has 5 heterocycles. The Morgan fingerprint density at radius 1 is 0.477 bits per heavy atom. The number of hydrogen-bond acceptors (Lipinski definition) is 4. The van der Waals surface area contributed by atoms with E-state index >= 15 is 0 Å². The lowest BCUT2D eigenvalue weighted by Crippen LogP contribution is -2.77. The molecule has 4 aromatic heterocycles. The van der Waals surface area contributed by atoms with Crippen molar-refractivity contribution < 1.29 is 13.6 Å². The first-order valence-electron chi connectivity index (χ1n) is 22.3. The Morgan fingerprint density at radius 3 is 1.69 bits per heavy atom. The minimum atomic E-state index is -3.30. The van der Waals surface area contributed by atoms with Gasteiger partial charge in [-0.3, -0.25) is 8.97 Å². The molecular formula is C56H47N3O3Si3. The number of ether oxygens (including phenoxy) is 1. The molecule has 65 heavy (non-hydrogen) atoms. The molecule has 6 nitrogen and oxygen atoms in total. The number of hydrogen-bond donors (Lipinski definition) is 0. The van der Waals surface area contributed by atoms with Crippen molar-refractivity contribution in [3.63, 3.8) is 0 Å². The van der Waals surface area contributed by atoms with Gasteiger partial charge in [-0.05, 0) is 85.7 Å². The number of fused-ring (bicyclic) bond motifs is 7. The summed E-state index contributed by atoms with van der Waals surface area (Å²) in [5, 5.41) is 7.56. The summed E-state index contributed by atoms with van der Waals surface area (Å²) in [5.74, 6) is 2.75. The van der Waals surface area contributed by atoms with E-state index in [1.54, 1.807) is 0 Å². The van der Waals surface area contributed by atoms with Crippen LogP contribution in [0, 0.1) is 0 Å². The molecule has 1 aliphatic heterocycles. The molecule has 1 aliphatic rings. The Labute approximate surface area is 381 Å². The van der Waals surface area contributed by atoms with Crippen molar-refractivity contribution in [1.82, 2.24) is 14.0 Å². The van der Waals surface area contributed by atoms with Crippen LogP contribution in [0.2, 0.25) is 26.2 Å². The molecule has 0 amide bonds. The molecule has 0 fully saturated rings. The van der Waals surface area contributed by atoms with Crippen LogP contribution in [0.25, 0.3) is 33.5 Å². The Bertz CT molecular complexity index is 3450. The zero-order valence-corrected chi connectivity index (χ0v) is 39.8. The van der Waals surface area contributed by atoms with Gasteiger partial charge in [0.2, 0.25) is 5.78 Å². The van der Waals surface area contributed by atoms with Gasteiger partial charge in [0.05, 0.1) is 63.3 Å². The van der Waals surface area contributed by atoms with Crippen LogP contribution in [0.4, 0.5) is 0 Å². The monoisotopic (exact) mass is 893 g/mol. The first-order valence-corrected chi connectivity index (χ1v) is 30.3. The van der Waals surface area contributed by atoms with Crippen molar-refractivity contribution in [2.24, 2.45) is 0 Å². The standard InChI is InChI=1S/C56H47N3O3Si3/c1-63(2,44-33-35-60-38-44)56(64(3,4)45-34-36-61-39-45)46-25-11-16-31-52(46)62-54-47(56)26-18-32-53(54)65(41-20-7-5-8-21-41,42-22-9-6-10-23-42)43-24-17-19-40(37-43)58-50-29-14-15-30-51(50)59-49-28-13-12-27-48(49)57-55(58)59/h5-39H,1-4H3. The zero-order chi connectivity index (χ0) is 44.0. The van der Waals surface area contributed by atoms with Gasteiger partial charge in [-0.1, -0.05) is 160 Å². The van der Waals surface area contributed by atoms with Gasteiger partial charge in [0, 0.05) is 21.5 Å². The fraction of sp³-hybridized carbons (Fsp3) is 0.0893. The molecule has 0 N–H and O–H groups in total. The second-order valence-corrected chi connectivity index (χ2v) is 31.8. The van der Waals surface area contributed by atoms with Gasteiger partial charge in [0.25, 0.3) is 0 Å². The molecule has 0 bridgehead atoms. The van der Waals surface area contributed by atoms with Crippen LogP contribution in [0.5, 0.6) is 11.5 Å². The van der Waals surface area contributed by atoms with Gasteiger partial charge in [0.15, 0.2) is 8.07 Å². The summed E-state index contributed by atoms with van der Waals surface area (Å²) in [6.45, 7) is 10.1. The van der Waals surface area contributed by atoms with E-state index in [2.05, 4.69) is 223 Å². The molecule has 0 aliphatic carbocycles. The van der Waals surface area contributed by atoms with Gasteiger partial charge in [-0.15, -0.1) is 0 Å². The van der Waals surface area contributed by atoms with E-state index in [0.717, 1.165) is 45.0 Å². The molecule has 9 heteroatoms. The van der Waals surface area contributed by atoms with Crippen molar-refractivity contribution in [3.05, 3.63) is 224 Å². The number of furan rings is 2. The summed E-state index contributed by atoms with van der Waals surface area (Å²) >= 11 is 0. The van der Waals surface area contributed by atoms with Crippen LogP contribution < -0.4 is 35.9 Å². The predicted molar refractivity (Wildman–Crippen MR) is 272 cm³/mol. The molecule has 0 unspecified atom stereocenters. The number of aromatic nitrogens is 3. The van der Waals surface area contributed by atoms with Crippen molar-refractivity contribution in [1.29, 1.82) is 0 Å². The van der Waals surface area contributed by atoms with E-state index < -0.39 is 28.9 Å². The molecule has 0 radical (unpaired) electrons. The van der Waals surface area contributed by atoms with Gasteiger partial charge >= 0.3 is 0 Å². The molecule has 0 spiro atoms. The second-order valence-electron chi connectivity index (χ2n) is 18.4. The average Bonchev–Trinajstić information content (AvgIpc) is 4.19. The number of nitrogens with zero attached hydrogens (tertiary/aromatic N) is 3. The average molecular weight is 894 g/mol. The fourth-order valence-corrected chi connectivity index (χ4v) is 30.1. The highest BCUT2D eigenvalue weighted by molar-refractivity contribution is 7.20. The minimum absolute atomic E-state index is 0.443. The number of para-hydroxylation sites is 6. The summed E-state index contributed by atoms with van der Waals surface area (Å²) in [7, 11) is -8.60. The minimum Gasteiger partial charge on any atom is -0.473 e. The lowest BCUT2D eigenvalue weighted by molar-refractivity contribution is 0.453. The molecule has 0 saturated carbocycles. The highest BCUT2D eigenvalue weighted by Crippen LogP contribution is 2.56. The first kappa shape index (κ1) is 39.4. The van der Waals surface area contributed by atoms with Crippen LogP contribution in [0.3, 0.4) is 0 Å². The summed E-state index contributed by atoms with van der Waals surface area (Å²) in [6.07, 6.45) is 7.68. The lowest BCUT2D eigenvalue weighted by atomic mass is 9.98. The molecule has 12 rings (SSSR count). The quantitative estimate of drug-likeness (QED) is 0.107. The molecular weight excluding hydrogens is 847 g/mol. The maximum Gasteiger partial charge on any atom is 0.220 e. The number of rotatable bonds is 9. The van der Waals surface area contributed by atoms with Gasteiger partial charge in [0.1, 0.15) is 11.5 Å². The Morgan fingerprint density at radius 2 is 1.03 bits per heavy atom. The van der Waals surface area contributed by atoms with Crippen LogP contribution in [0.1, 0.15) is 11.1 Å². The number of imidazole rings is 2. The first-order chi connectivity index (χ1) is 31.8. The van der Waals surface area contributed by atoms with Gasteiger partial charge in [-0.25, -0.2) is 4.98 Å². The largest absolute Gasteiger partial charge is 0.473 e. The summed E-state index contributed by atoms with van der Waals surface area (Å²) in [4.78, 5) is 5.29. The molecule has 0 atom stereocenters. The predicted octanol–water partition coefficient (Wildman–Crippen LogP) is 9.70. The summed E-state index contributed by atoms with van der Waals surface area (Å²) in [5.41, 5.74) is 7.81. The normalized spacial score (nSPS) is 13.8. The van der Waals surface area contributed by atoms with Crippen LogP contribution in [-0.2, 0) is 4.66 Å². The van der Waals surface area contributed by atoms with E-state index in [1.165, 1.54) is 42.2 Å². The molecule has 316 valence electrons. The summed E-state index contributed by atoms with van der Waals surface area (Å²) in [6, 6.07) is 69.1. The van der Waals surface area contributed by atoms with Crippen molar-refractivity contribution in [3.8, 4) is 17.2 Å². The van der Waals surface area contributed by atoms with E-state index in [1.807, 2.05) is 25.1 Å². The molecule has 11 aromatic rings. The van der Waals surface area contributed by atoms with Crippen molar-refractivity contribution in [2.45, 2.75) is 30.8 Å². The topological polar surface area (TPSA) is 57.7 Å². The van der Waals surface area contributed by atoms with E-state index in [-0.39, 0.29) is 0 Å². The zero-order valence-electron chi connectivity index (χ0n) is 36.8. The van der Waals surface area contributed by atoms with E-state index in [9.17, 15) is 0 Å². The van der Waals surface area contributed by atoms with Crippen LogP contribution in [0.15, 0.2) is 222 Å². The van der Waals surface area contributed by atoms with E-state index in [4.69, 9.17) is 18.6 Å². The Hall–Kier alpha value is -7.18. The second kappa shape index (κ2) is 14.7. The lowest BCUT2D eigenvalue weighted by Gasteiger charge is -2.57. The number of benzene rings is 7. The maximum atomic E-state index is 7.62. The Kier molecular flexibility index (Phi) is 8.90. The van der Waals surface area contributed by atoms with Crippen LogP contribution >= 0.6 is 0 Å². The molecule has 0 saturated heterocycles. The van der Waals surface area contributed by atoms with Crippen molar-refractivity contribution >= 4 is 83.2 Å². The third kappa shape index (κ3) is 5.40. The van der Waals surface area contributed by atoms with E-state index in [0.29, 0.717) is 0 Å². The Balaban J connectivity index is 1.22. The van der Waals surface area contributed by atoms with Gasteiger partial charge < -0.3 is 13.6 Å². The maximum absolute atomic E-state index is 7.62. The third-order valence-electron chi connectivity index (χ3n) is 14.7.